The van der Waals surface area contributed by atoms with Crippen LogP contribution in [0.25, 0.3) is 0 Å². The second kappa shape index (κ2) is 7.92. The van der Waals surface area contributed by atoms with E-state index in [1.165, 1.54) is 0 Å². The Labute approximate surface area is 142 Å². The zero-order valence-electron chi connectivity index (χ0n) is 14.5. The quantitative estimate of drug-likeness (QED) is 0.811. The zero-order valence-corrected chi connectivity index (χ0v) is 15.3. The van der Waals surface area contributed by atoms with E-state index in [4.69, 9.17) is 0 Å². The third kappa shape index (κ3) is 5.43. The molecule has 0 radical (unpaired) electrons. The Morgan fingerprint density at radius 3 is 2.12 bits per heavy atom. The lowest BCUT2D eigenvalue weighted by molar-refractivity contribution is -0.121. The Hall–Kier alpha value is -1.70. The molecule has 136 valence electrons. The number of amides is 1. The number of hydrogen-bond donors (Lipinski definition) is 1. The third-order valence-corrected chi connectivity index (χ3v) is 4.76. The van der Waals surface area contributed by atoms with Gasteiger partial charge in [-0.05, 0) is 24.0 Å². The van der Waals surface area contributed by atoms with Crippen molar-refractivity contribution < 1.29 is 22.0 Å². The molecule has 0 saturated carbocycles. The van der Waals surface area contributed by atoms with Crippen LogP contribution in [0.15, 0.2) is 18.2 Å². The van der Waals surface area contributed by atoms with E-state index in [-0.39, 0.29) is 23.6 Å². The van der Waals surface area contributed by atoms with E-state index in [2.05, 4.69) is 5.32 Å². The largest absolute Gasteiger partial charge is 0.351 e. The summed E-state index contributed by atoms with van der Waals surface area (Å²) >= 11 is 0. The molecule has 0 aliphatic heterocycles. The number of hydrogen-bond acceptors (Lipinski definition) is 3. The number of benzene rings is 1. The van der Waals surface area contributed by atoms with Crippen molar-refractivity contribution in [1.29, 1.82) is 0 Å². The van der Waals surface area contributed by atoms with Gasteiger partial charge in [0.2, 0.25) is 15.9 Å². The number of carbonyl (C=O) groups is 1. The van der Waals surface area contributed by atoms with E-state index in [0.29, 0.717) is 10.4 Å². The van der Waals surface area contributed by atoms with Gasteiger partial charge in [-0.1, -0.05) is 27.7 Å². The molecule has 0 aliphatic carbocycles. The van der Waals surface area contributed by atoms with Gasteiger partial charge in [-0.15, -0.1) is 0 Å². The second-order valence-corrected chi connectivity index (χ2v) is 8.35. The van der Waals surface area contributed by atoms with Crippen LogP contribution >= 0.6 is 0 Å². The predicted octanol–water partition coefficient (Wildman–Crippen LogP) is 2.53. The Balaban J connectivity index is 3.06. The molecule has 1 rings (SSSR count). The standard InChI is InChI=1S/C16H24F2N2O3S/c1-10(2)16(11(3)4)19-15(21)9-20(24(5,22)23)14-7-6-12(17)8-13(14)18/h6-8,10-11,16H,9H2,1-5H3,(H,19,21). The van der Waals surface area contributed by atoms with Crippen LogP contribution in [0.2, 0.25) is 0 Å². The van der Waals surface area contributed by atoms with Gasteiger partial charge in [0.15, 0.2) is 0 Å². The first-order chi connectivity index (χ1) is 10.9. The van der Waals surface area contributed by atoms with Crippen molar-refractivity contribution in [1.82, 2.24) is 5.32 Å². The molecule has 1 aromatic carbocycles. The van der Waals surface area contributed by atoms with Crippen LogP contribution in [0.4, 0.5) is 14.5 Å². The van der Waals surface area contributed by atoms with Crippen molar-refractivity contribution >= 4 is 21.6 Å². The van der Waals surface area contributed by atoms with Crippen LogP contribution in [0.5, 0.6) is 0 Å². The van der Waals surface area contributed by atoms with E-state index in [1.807, 2.05) is 27.7 Å². The normalized spacial score (nSPS) is 12.1. The predicted molar refractivity (Wildman–Crippen MR) is 90.2 cm³/mol. The van der Waals surface area contributed by atoms with Gasteiger partial charge in [-0.25, -0.2) is 17.2 Å². The van der Waals surface area contributed by atoms with Crippen LogP contribution in [0.1, 0.15) is 27.7 Å². The minimum absolute atomic E-state index is 0.142. The molecule has 0 bridgehead atoms. The van der Waals surface area contributed by atoms with Gasteiger partial charge < -0.3 is 5.32 Å². The third-order valence-electron chi connectivity index (χ3n) is 3.63. The summed E-state index contributed by atoms with van der Waals surface area (Å²) in [5, 5.41) is 2.78. The summed E-state index contributed by atoms with van der Waals surface area (Å²) in [6.07, 6.45) is 0.867. The highest BCUT2D eigenvalue weighted by Gasteiger charge is 2.26. The number of anilines is 1. The molecule has 5 nitrogen and oxygen atoms in total. The van der Waals surface area contributed by atoms with Gasteiger partial charge in [0.25, 0.3) is 0 Å². The van der Waals surface area contributed by atoms with Crippen molar-refractivity contribution in [3.63, 3.8) is 0 Å². The van der Waals surface area contributed by atoms with E-state index >= 15 is 0 Å². The summed E-state index contributed by atoms with van der Waals surface area (Å²) in [6, 6.07) is 2.38. The average Bonchev–Trinajstić information content (AvgIpc) is 2.41. The molecule has 0 aliphatic rings. The van der Waals surface area contributed by atoms with Crippen molar-refractivity contribution in [2.24, 2.45) is 11.8 Å². The van der Waals surface area contributed by atoms with Crippen molar-refractivity contribution in [2.45, 2.75) is 33.7 Å². The van der Waals surface area contributed by atoms with Gasteiger partial charge in [0, 0.05) is 12.1 Å². The maximum Gasteiger partial charge on any atom is 0.241 e. The van der Waals surface area contributed by atoms with Gasteiger partial charge >= 0.3 is 0 Å². The molecule has 0 saturated heterocycles. The van der Waals surface area contributed by atoms with Crippen LogP contribution in [0, 0.1) is 23.5 Å². The van der Waals surface area contributed by atoms with E-state index in [1.54, 1.807) is 0 Å². The number of halogens is 2. The molecule has 1 amide bonds. The van der Waals surface area contributed by atoms with Crippen molar-refractivity contribution in [2.75, 3.05) is 17.1 Å². The molecule has 0 aromatic heterocycles. The minimum Gasteiger partial charge on any atom is -0.351 e. The van der Waals surface area contributed by atoms with Crippen LogP contribution in [-0.4, -0.2) is 33.2 Å². The minimum atomic E-state index is -3.91. The maximum absolute atomic E-state index is 13.9. The maximum atomic E-state index is 13.9. The molecule has 0 fully saturated rings. The van der Waals surface area contributed by atoms with Crippen LogP contribution < -0.4 is 9.62 Å². The summed E-state index contributed by atoms with van der Waals surface area (Å²) < 4.78 is 51.5. The summed E-state index contributed by atoms with van der Waals surface area (Å²) in [5.74, 6) is -2.10. The highest BCUT2D eigenvalue weighted by atomic mass is 32.2. The number of sulfonamides is 1. The Morgan fingerprint density at radius 2 is 1.71 bits per heavy atom. The molecule has 0 spiro atoms. The molecular formula is C16H24F2N2O3S. The number of carbonyl (C=O) groups excluding carboxylic acids is 1. The fourth-order valence-electron chi connectivity index (χ4n) is 2.53. The molecule has 0 heterocycles. The molecular weight excluding hydrogens is 338 g/mol. The number of nitrogens with zero attached hydrogens (tertiary/aromatic N) is 1. The number of rotatable bonds is 7. The highest BCUT2D eigenvalue weighted by molar-refractivity contribution is 7.92. The van der Waals surface area contributed by atoms with Gasteiger partial charge in [0.05, 0.1) is 11.9 Å². The highest BCUT2D eigenvalue weighted by Crippen LogP contribution is 2.22. The molecule has 24 heavy (non-hydrogen) atoms. The number of nitrogens with one attached hydrogen (secondary N) is 1. The first-order valence-corrected chi connectivity index (χ1v) is 9.50. The lowest BCUT2D eigenvalue weighted by Gasteiger charge is -2.28. The fraction of sp³-hybridized carbons (Fsp3) is 0.562. The molecule has 0 unspecified atom stereocenters. The smallest absolute Gasteiger partial charge is 0.241 e. The lowest BCUT2D eigenvalue weighted by atomic mass is 9.93. The first kappa shape index (κ1) is 20.3. The van der Waals surface area contributed by atoms with E-state index in [0.717, 1.165) is 18.4 Å². The van der Waals surface area contributed by atoms with Gasteiger partial charge in [-0.3, -0.25) is 9.10 Å². The monoisotopic (exact) mass is 362 g/mol. The average molecular weight is 362 g/mol. The lowest BCUT2D eigenvalue weighted by Crippen LogP contribution is -2.47. The molecule has 8 heteroatoms. The van der Waals surface area contributed by atoms with E-state index in [9.17, 15) is 22.0 Å². The SMILES string of the molecule is CC(C)C(NC(=O)CN(c1ccc(F)cc1F)S(C)(=O)=O)C(C)C. The Bertz CT molecular complexity index is 683. The van der Waals surface area contributed by atoms with Gasteiger partial charge in [0.1, 0.15) is 18.2 Å². The second-order valence-electron chi connectivity index (χ2n) is 6.45. The van der Waals surface area contributed by atoms with Crippen molar-refractivity contribution in [3.8, 4) is 0 Å². The summed E-state index contributed by atoms with van der Waals surface area (Å²) in [4.78, 5) is 12.3. The molecule has 0 atom stereocenters. The summed E-state index contributed by atoms with van der Waals surface area (Å²) in [6.45, 7) is 7.20. The molecule has 1 N–H and O–H groups in total. The topological polar surface area (TPSA) is 66.5 Å². The van der Waals surface area contributed by atoms with Crippen molar-refractivity contribution in [3.05, 3.63) is 29.8 Å². The van der Waals surface area contributed by atoms with Gasteiger partial charge in [-0.2, -0.15) is 0 Å². The van der Waals surface area contributed by atoms with Crippen LogP contribution in [-0.2, 0) is 14.8 Å². The molecule has 1 aromatic rings. The van der Waals surface area contributed by atoms with E-state index < -0.39 is 34.1 Å². The zero-order chi connectivity index (χ0) is 18.7. The van der Waals surface area contributed by atoms with Crippen LogP contribution in [0.3, 0.4) is 0 Å². The fourth-order valence-corrected chi connectivity index (χ4v) is 3.39. The Kier molecular flexibility index (Phi) is 6.71. The summed E-state index contributed by atoms with van der Waals surface area (Å²) in [5.41, 5.74) is -0.361. The summed E-state index contributed by atoms with van der Waals surface area (Å²) in [7, 11) is -3.91. The first-order valence-electron chi connectivity index (χ1n) is 7.65. The Morgan fingerprint density at radius 1 is 1.17 bits per heavy atom.